The highest BCUT2D eigenvalue weighted by atomic mass is 16.5. The summed E-state index contributed by atoms with van der Waals surface area (Å²) in [5, 5.41) is 8.99. The molecule has 3 heteroatoms. The molecule has 1 N–H and O–H groups in total. The highest BCUT2D eigenvalue weighted by molar-refractivity contribution is 5.67. The lowest BCUT2D eigenvalue weighted by Crippen LogP contribution is -2.42. The molecule has 1 rings (SSSR count). The van der Waals surface area contributed by atoms with Crippen LogP contribution in [0.5, 0.6) is 0 Å². The molecule has 0 aromatic heterocycles. The Balaban J connectivity index is 2.75. The summed E-state index contributed by atoms with van der Waals surface area (Å²) in [4.78, 5) is 10.9. The van der Waals surface area contributed by atoms with E-state index in [2.05, 4.69) is 20.8 Å². The summed E-state index contributed by atoms with van der Waals surface area (Å²) in [7, 11) is 0. The number of carboxylic acids is 1. The predicted octanol–water partition coefficient (Wildman–Crippen LogP) is 2.84. The zero-order valence-corrected chi connectivity index (χ0v) is 10.0. The minimum absolute atomic E-state index is 0.0394. The first-order valence-corrected chi connectivity index (χ1v) is 5.75. The van der Waals surface area contributed by atoms with Crippen molar-refractivity contribution < 1.29 is 14.6 Å². The quantitative estimate of drug-likeness (QED) is 0.782. The van der Waals surface area contributed by atoms with E-state index in [1.54, 1.807) is 0 Å². The Labute approximate surface area is 91.8 Å². The molecule has 0 radical (unpaired) electrons. The first-order chi connectivity index (χ1) is 6.89. The Morgan fingerprint density at radius 2 is 2.13 bits per heavy atom. The lowest BCUT2D eigenvalue weighted by atomic mass is 9.69. The van der Waals surface area contributed by atoms with Crippen molar-refractivity contribution in [3.63, 3.8) is 0 Å². The van der Waals surface area contributed by atoms with Gasteiger partial charge in [-0.15, -0.1) is 0 Å². The molecule has 1 aliphatic rings. The number of aliphatic carboxylic acids is 1. The molecule has 0 aromatic rings. The van der Waals surface area contributed by atoms with Crippen molar-refractivity contribution in [2.24, 2.45) is 5.41 Å². The minimum atomic E-state index is -0.679. The van der Waals surface area contributed by atoms with Crippen LogP contribution < -0.4 is 0 Å². The average molecular weight is 214 g/mol. The van der Waals surface area contributed by atoms with Crippen LogP contribution in [0.4, 0.5) is 0 Å². The SMILES string of the molecule is CCCC1(CC(=O)O)CCOC(C)(C)C1. The van der Waals surface area contributed by atoms with Crippen molar-refractivity contribution in [3.8, 4) is 0 Å². The standard InChI is InChI=1S/C12H22O3/c1-4-5-12(8-10(13)14)6-7-15-11(2,3)9-12/h4-9H2,1-3H3,(H,13,14). The Hall–Kier alpha value is -0.570. The van der Waals surface area contributed by atoms with Gasteiger partial charge in [-0.05, 0) is 38.5 Å². The van der Waals surface area contributed by atoms with Crippen molar-refractivity contribution in [2.75, 3.05) is 6.61 Å². The molecule has 1 fully saturated rings. The van der Waals surface area contributed by atoms with Gasteiger partial charge in [0.1, 0.15) is 0 Å². The molecule has 1 unspecified atom stereocenters. The third-order valence-corrected chi connectivity index (χ3v) is 3.23. The summed E-state index contributed by atoms with van der Waals surface area (Å²) in [5.74, 6) is -0.679. The Kier molecular flexibility index (Phi) is 3.77. The molecule has 88 valence electrons. The highest BCUT2D eigenvalue weighted by Crippen LogP contribution is 2.44. The smallest absolute Gasteiger partial charge is 0.303 e. The second-order valence-electron chi connectivity index (χ2n) is 5.36. The maximum atomic E-state index is 10.9. The summed E-state index contributed by atoms with van der Waals surface area (Å²) in [6.07, 6.45) is 4.07. The lowest BCUT2D eigenvalue weighted by molar-refractivity contribution is -0.148. The fourth-order valence-corrected chi connectivity index (χ4v) is 2.89. The number of carboxylic acid groups (broad SMARTS) is 1. The van der Waals surface area contributed by atoms with Crippen LogP contribution in [-0.4, -0.2) is 23.3 Å². The van der Waals surface area contributed by atoms with Gasteiger partial charge in [0.2, 0.25) is 0 Å². The maximum Gasteiger partial charge on any atom is 0.303 e. The highest BCUT2D eigenvalue weighted by Gasteiger charge is 2.41. The van der Waals surface area contributed by atoms with Gasteiger partial charge in [-0.3, -0.25) is 4.79 Å². The fourth-order valence-electron chi connectivity index (χ4n) is 2.89. The van der Waals surface area contributed by atoms with Gasteiger partial charge in [-0.25, -0.2) is 0 Å². The molecule has 0 saturated carbocycles. The van der Waals surface area contributed by atoms with Crippen LogP contribution in [-0.2, 0) is 9.53 Å². The van der Waals surface area contributed by atoms with E-state index in [0.717, 1.165) is 25.7 Å². The number of hydrogen-bond acceptors (Lipinski definition) is 2. The molecular weight excluding hydrogens is 192 g/mol. The summed E-state index contributed by atoms with van der Waals surface area (Å²) < 4.78 is 5.66. The second kappa shape index (κ2) is 4.52. The van der Waals surface area contributed by atoms with Crippen LogP contribution in [0.3, 0.4) is 0 Å². The molecule has 1 heterocycles. The van der Waals surface area contributed by atoms with Gasteiger partial charge in [0.25, 0.3) is 0 Å². The molecule has 1 saturated heterocycles. The molecule has 15 heavy (non-hydrogen) atoms. The van der Waals surface area contributed by atoms with Crippen LogP contribution in [0.1, 0.15) is 52.9 Å². The number of hydrogen-bond donors (Lipinski definition) is 1. The van der Waals surface area contributed by atoms with Gasteiger partial charge in [-0.2, -0.15) is 0 Å². The average Bonchev–Trinajstić information content (AvgIpc) is 1.99. The normalized spacial score (nSPS) is 30.1. The molecule has 1 aliphatic heterocycles. The third-order valence-electron chi connectivity index (χ3n) is 3.23. The van der Waals surface area contributed by atoms with E-state index >= 15 is 0 Å². The Bertz CT molecular complexity index is 231. The van der Waals surface area contributed by atoms with E-state index < -0.39 is 5.97 Å². The predicted molar refractivity (Wildman–Crippen MR) is 58.9 cm³/mol. The minimum Gasteiger partial charge on any atom is -0.481 e. The molecular formula is C12H22O3. The Morgan fingerprint density at radius 1 is 1.47 bits per heavy atom. The van der Waals surface area contributed by atoms with Crippen LogP contribution >= 0.6 is 0 Å². The summed E-state index contributed by atoms with van der Waals surface area (Å²) in [6.45, 7) is 6.92. The van der Waals surface area contributed by atoms with Gasteiger partial charge in [0.15, 0.2) is 0 Å². The lowest BCUT2D eigenvalue weighted by Gasteiger charge is -2.44. The largest absolute Gasteiger partial charge is 0.481 e. The first-order valence-electron chi connectivity index (χ1n) is 5.75. The Morgan fingerprint density at radius 3 is 2.60 bits per heavy atom. The van der Waals surface area contributed by atoms with Gasteiger partial charge in [-0.1, -0.05) is 13.3 Å². The molecule has 0 aromatic carbocycles. The van der Waals surface area contributed by atoms with E-state index in [1.165, 1.54) is 0 Å². The van der Waals surface area contributed by atoms with E-state index in [1.807, 2.05) is 0 Å². The van der Waals surface area contributed by atoms with Gasteiger partial charge in [0, 0.05) is 6.61 Å². The first kappa shape index (κ1) is 12.5. The summed E-state index contributed by atoms with van der Waals surface area (Å²) >= 11 is 0. The number of rotatable bonds is 4. The maximum absolute atomic E-state index is 10.9. The number of ether oxygens (including phenoxy) is 1. The van der Waals surface area contributed by atoms with Crippen molar-refractivity contribution in [2.45, 2.75) is 58.5 Å². The van der Waals surface area contributed by atoms with Gasteiger partial charge in [0.05, 0.1) is 12.0 Å². The number of carbonyl (C=O) groups is 1. The fraction of sp³-hybridized carbons (Fsp3) is 0.917. The van der Waals surface area contributed by atoms with Crippen molar-refractivity contribution >= 4 is 5.97 Å². The topological polar surface area (TPSA) is 46.5 Å². The van der Waals surface area contributed by atoms with Crippen LogP contribution in [0.15, 0.2) is 0 Å². The second-order valence-corrected chi connectivity index (χ2v) is 5.36. The third kappa shape index (κ3) is 3.49. The van der Waals surface area contributed by atoms with Crippen molar-refractivity contribution in [3.05, 3.63) is 0 Å². The molecule has 0 amide bonds. The zero-order chi connectivity index (χ0) is 11.5. The van der Waals surface area contributed by atoms with Crippen molar-refractivity contribution in [1.29, 1.82) is 0 Å². The van der Waals surface area contributed by atoms with Crippen molar-refractivity contribution in [1.82, 2.24) is 0 Å². The monoisotopic (exact) mass is 214 g/mol. The van der Waals surface area contributed by atoms with Gasteiger partial charge >= 0.3 is 5.97 Å². The summed E-state index contributed by atoms with van der Waals surface area (Å²) in [6, 6.07) is 0. The molecule has 3 nitrogen and oxygen atoms in total. The molecule has 0 bridgehead atoms. The van der Waals surface area contributed by atoms with Crippen LogP contribution in [0.25, 0.3) is 0 Å². The van der Waals surface area contributed by atoms with E-state index in [9.17, 15) is 4.79 Å². The van der Waals surface area contributed by atoms with Crippen LogP contribution in [0, 0.1) is 5.41 Å². The zero-order valence-electron chi connectivity index (χ0n) is 10.0. The van der Waals surface area contributed by atoms with Gasteiger partial charge < -0.3 is 9.84 Å². The van der Waals surface area contributed by atoms with Crippen LogP contribution in [0.2, 0.25) is 0 Å². The van der Waals surface area contributed by atoms with E-state index in [4.69, 9.17) is 9.84 Å². The van der Waals surface area contributed by atoms with E-state index in [-0.39, 0.29) is 17.4 Å². The molecule has 0 aliphatic carbocycles. The molecule has 1 atom stereocenters. The van der Waals surface area contributed by atoms with E-state index in [0.29, 0.717) is 6.61 Å². The summed E-state index contributed by atoms with van der Waals surface area (Å²) in [5.41, 5.74) is -0.203. The molecule has 0 spiro atoms.